The SMILES string of the molecule is c1cc(C2(c3ccc4c(c3)OCCO4)CCNCC2)ccc1-c1cn[nH]c1. The van der Waals surface area contributed by atoms with Gasteiger partial charge in [-0.15, -0.1) is 0 Å². The number of nitrogens with one attached hydrogen (secondary N) is 2. The summed E-state index contributed by atoms with van der Waals surface area (Å²) in [7, 11) is 0. The number of hydrogen-bond acceptors (Lipinski definition) is 4. The molecule has 0 atom stereocenters. The second kappa shape index (κ2) is 6.74. The highest BCUT2D eigenvalue weighted by Crippen LogP contribution is 2.44. The number of fused-ring (bicyclic) bond motifs is 1. The van der Waals surface area contributed by atoms with Crippen molar-refractivity contribution in [2.45, 2.75) is 18.3 Å². The molecule has 1 aromatic heterocycles. The molecule has 2 aliphatic rings. The second-order valence-corrected chi connectivity index (χ2v) is 7.25. The number of hydrogen-bond donors (Lipinski definition) is 2. The van der Waals surface area contributed by atoms with Crippen LogP contribution in [0, 0.1) is 0 Å². The van der Waals surface area contributed by atoms with Gasteiger partial charge in [-0.1, -0.05) is 30.3 Å². The van der Waals surface area contributed by atoms with Gasteiger partial charge in [0.15, 0.2) is 11.5 Å². The van der Waals surface area contributed by atoms with Crippen molar-refractivity contribution in [3.05, 3.63) is 66.0 Å². The molecular formula is C22H23N3O2. The molecule has 5 nitrogen and oxygen atoms in total. The van der Waals surface area contributed by atoms with Crippen LogP contribution >= 0.6 is 0 Å². The van der Waals surface area contributed by atoms with Crippen molar-refractivity contribution < 1.29 is 9.47 Å². The molecule has 2 N–H and O–H groups in total. The van der Waals surface area contributed by atoms with E-state index in [4.69, 9.17) is 9.47 Å². The Balaban J connectivity index is 1.56. The topological polar surface area (TPSA) is 59.2 Å². The fourth-order valence-electron chi connectivity index (χ4n) is 4.33. The molecule has 0 unspecified atom stereocenters. The molecule has 138 valence electrons. The summed E-state index contributed by atoms with van der Waals surface area (Å²) in [5, 5.41) is 10.4. The smallest absolute Gasteiger partial charge is 0.161 e. The first kappa shape index (κ1) is 16.4. The quantitative estimate of drug-likeness (QED) is 0.749. The van der Waals surface area contributed by atoms with Crippen LogP contribution in [0.3, 0.4) is 0 Å². The third-order valence-corrected chi connectivity index (χ3v) is 5.82. The number of ether oxygens (including phenoxy) is 2. The van der Waals surface area contributed by atoms with Gasteiger partial charge in [0.1, 0.15) is 13.2 Å². The van der Waals surface area contributed by atoms with Crippen LogP contribution in [0.5, 0.6) is 11.5 Å². The van der Waals surface area contributed by atoms with Gasteiger partial charge >= 0.3 is 0 Å². The number of H-pyrrole nitrogens is 1. The van der Waals surface area contributed by atoms with Crippen molar-refractivity contribution in [1.82, 2.24) is 15.5 Å². The van der Waals surface area contributed by atoms with Gasteiger partial charge in [0.05, 0.1) is 6.20 Å². The van der Waals surface area contributed by atoms with Crippen LogP contribution in [-0.2, 0) is 5.41 Å². The average Bonchev–Trinajstić information content (AvgIpc) is 3.29. The maximum atomic E-state index is 5.85. The number of benzene rings is 2. The molecule has 27 heavy (non-hydrogen) atoms. The summed E-state index contributed by atoms with van der Waals surface area (Å²) in [6.45, 7) is 3.26. The predicted octanol–water partition coefficient (Wildman–Crippen LogP) is 3.52. The molecule has 0 radical (unpaired) electrons. The Bertz CT molecular complexity index is 913. The summed E-state index contributed by atoms with van der Waals surface area (Å²) in [5.74, 6) is 1.72. The zero-order valence-corrected chi connectivity index (χ0v) is 15.2. The van der Waals surface area contributed by atoms with Crippen LogP contribution in [0.4, 0.5) is 0 Å². The Labute approximate surface area is 158 Å². The molecule has 1 saturated heterocycles. The standard InChI is InChI=1S/C22H23N3O2/c1-3-18(4-2-16(1)17-14-24-25-15-17)22(7-9-23-10-8-22)19-5-6-20-21(13-19)27-12-11-26-20/h1-6,13-15,23H,7-12H2,(H,24,25). The van der Waals surface area contributed by atoms with Crippen molar-refractivity contribution >= 4 is 0 Å². The van der Waals surface area contributed by atoms with Gasteiger partial charge in [-0.05, 0) is 54.8 Å². The number of piperidine rings is 1. The number of aromatic amines is 1. The van der Waals surface area contributed by atoms with Crippen molar-refractivity contribution in [3.8, 4) is 22.6 Å². The summed E-state index contributed by atoms with van der Waals surface area (Å²) >= 11 is 0. The molecule has 3 aromatic rings. The fraction of sp³-hybridized carbons (Fsp3) is 0.318. The third kappa shape index (κ3) is 2.88. The van der Waals surface area contributed by atoms with Crippen LogP contribution in [0.15, 0.2) is 54.9 Å². The van der Waals surface area contributed by atoms with Crippen LogP contribution in [0.25, 0.3) is 11.1 Å². The summed E-state index contributed by atoms with van der Waals surface area (Å²) in [5.41, 5.74) is 4.95. The van der Waals surface area contributed by atoms with Gasteiger partial charge in [0.2, 0.25) is 0 Å². The molecule has 0 spiro atoms. The highest BCUT2D eigenvalue weighted by Gasteiger charge is 2.36. The van der Waals surface area contributed by atoms with Crippen LogP contribution < -0.4 is 14.8 Å². The van der Waals surface area contributed by atoms with Crippen molar-refractivity contribution in [2.75, 3.05) is 26.3 Å². The van der Waals surface area contributed by atoms with E-state index in [0.717, 1.165) is 43.0 Å². The molecule has 0 aliphatic carbocycles. The van der Waals surface area contributed by atoms with Gasteiger partial charge < -0.3 is 14.8 Å². The van der Waals surface area contributed by atoms with E-state index in [1.165, 1.54) is 16.7 Å². The molecule has 3 heterocycles. The first-order valence-electron chi connectivity index (χ1n) is 9.56. The normalized spacial score (nSPS) is 18.2. The largest absolute Gasteiger partial charge is 0.486 e. The minimum absolute atomic E-state index is 0.00396. The Hall–Kier alpha value is -2.79. The number of rotatable bonds is 3. The molecule has 0 amide bonds. The Morgan fingerprint density at radius 2 is 1.56 bits per heavy atom. The zero-order chi connectivity index (χ0) is 18.1. The van der Waals surface area contributed by atoms with E-state index in [-0.39, 0.29) is 5.41 Å². The van der Waals surface area contributed by atoms with Crippen molar-refractivity contribution in [3.63, 3.8) is 0 Å². The molecule has 5 rings (SSSR count). The molecule has 0 bridgehead atoms. The minimum Gasteiger partial charge on any atom is -0.486 e. The molecule has 2 aromatic carbocycles. The lowest BCUT2D eigenvalue weighted by molar-refractivity contribution is 0.171. The van der Waals surface area contributed by atoms with E-state index in [2.05, 4.69) is 58.0 Å². The summed E-state index contributed by atoms with van der Waals surface area (Å²) in [4.78, 5) is 0. The molecule has 5 heteroatoms. The summed E-state index contributed by atoms with van der Waals surface area (Å²) in [6.07, 6.45) is 5.92. The lowest BCUT2D eigenvalue weighted by Gasteiger charge is -2.39. The van der Waals surface area contributed by atoms with E-state index >= 15 is 0 Å². The van der Waals surface area contributed by atoms with E-state index in [1.54, 1.807) is 0 Å². The van der Waals surface area contributed by atoms with Gasteiger partial charge in [0.25, 0.3) is 0 Å². The molecular weight excluding hydrogens is 338 g/mol. The first-order valence-corrected chi connectivity index (χ1v) is 9.56. The van der Waals surface area contributed by atoms with Crippen molar-refractivity contribution in [1.29, 1.82) is 0 Å². The summed E-state index contributed by atoms with van der Waals surface area (Å²) in [6, 6.07) is 15.4. The predicted molar refractivity (Wildman–Crippen MR) is 104 cm³/mol. The van der Waals surface area contributed by atoms with Crippen LogP contribution in [0.1, 0.15) is 24.0 Å². The van der Waals surface area contributed by atoms with E-state index in [0.29, 0.717) is 13.2 Å². The van der Waals surface area contributed by atoms with Crippen LogP contribution in [0.2, 0.25) is 0 Å². The van der Waals surface area contributed by atoms with Gasteiger partial charge in [-0.25, -0.2) is 0 Å². The maximum absolute atomic E-state index is 5.85. The minimum atomic E-state index is -0.00396. The average molecular weight is 361 g/mol. The maximum Gasteiger partial charge on any atom is 0.161 e. The van der Waals surface area contributed by atoms with Crippen LogP contribution in [-0.4, -0.2) is 36.5 Å². The second-order valence-electron chi connectivity index (χ2n) is 7.25. The Kier molecular flexibility index (Phi) is 4.09. The van der Waals surface area contributed by atoms with Gasteiger partial charge in [0, 0.05) is 17.2 Å². The molecule has 2 aliphatic heterocycles. The number of nitrogens with zero attached hydrogens (tertiary/aromatic N) is 1. The molecule has 0 saturated carbocycles. The van der Waals surface area contributed by atoms with E-state index in [1.807, 2.05) is 12.4 Å². The van der Waals surface area contributed by atoms with E-state index in [9.17, 15) is 0 Å². The lowest BCUT2D eigenvalue weighted by Crippen LogP contribution is -2.40. The number of aromatic nitrogens is 2. The third-order valence-electron chi connectivity index (χ3n) is 5.82. The van der Waals surface area contributed by atoms with E-state index < -0.39 is 0 Å². The lowest BCUT2D eigenvalue weighted by atomic mass is 9.68. The zero-order valence-electron chi connectivity index (χ0n) is 15.2. The van der Waals surface area contributed by atoms with Gasteiger partial charge in [-0.2, -0.15) is 5.10 Å². The monoisotopic (exact) mass is 361 g/mol. The molecule has 1 fully saturated rings. The highest BCUT2D eigenvalue weighted by molar-refractivity contribution is 5.62. The summed E-state index contributed by atoms with van der Waals surface area (Å²) < 4.78 is 11.6. The Morgan fingerprint density at radius 3 is 2.30 bits per heavy atom. The van der Waals surface area contributed by atoms with Crippen molar-refractivity contribution in [2.24, 2.45) is 0 Å². The fourth-order valence-corrected chi connectivity index (χ4v) is 4.33. The van der Waals surface area contributed by atoms with Gasteiger partial charge in [-0.3, -0.25) is 5.10 Å². The Morgan fingerprint density at radius 1 is 0.815 bits per heavy atom. The highest BCUT2D eigenvalue weighted by atomic mass is 16.6. The first-order chi connectivity index (χ1) is 13.4.